The molecule has 0 aliphatic heterocycles. The second-order valence-electron chi connectivity index (χ2n) is 7.28. The van der Waals surface area contributed by atoms with E-state index in [2.05, 4.69) is 61.6 Å². The Balaban J connectivity index is 1.71. The number of nitrogens with zero attached hydrogens (tertiary/aromatic N) is 3. The average molecular weight is 394 g/mol. The van der Waals surface area contributed by atoms with Gasteiger partial charge in [-0.1, -0.05) is 29.8 Å². The number of rotatable bonds is 6. The van der Waals surface area contributed by atoms with Gasteiger partial charge in [0, 0.05) is 29.3 Å². The van der Waals surface area contributed by atoms with Crippen molar-refractivity contribution in [3.8, 4) is 0 Å². The van der Waals surface area contributed by atoms with Gasteiger partial charge in [-0.15, -0.1) is 11.3 Å². The topological polar surface area (TPSA) is 38.1 Å². The van der Waals surface area contributed by atoms with E-state index in [4.69, 9.17) is 0 Å². The number of carbonyl (C=O) groups excluding carboxylic acids is 1. The maximum Gasteiger partial charge on any atom is 0.246 e. The zero-order chi connectivity index (χ0) is 20.3. The number of carbonyl (C=O) groups is 1. The average Bonchev–Trinajstić information content (AvgIpc) is 3.18. The summed E-state index contributed by atoms with van der Waals surface area (Å²) in [6.07, 6.45) is 3.54. The van der Waals surface area contributed by atoms with Crippen molar-refractivity contribution < 1.29 is 4.79 Å². The van der Waals surface area contributed by atoms with Crippen molar-refractivity contribution in [2.75, 3.05) is 7.05 Å². The van der Waals surface area contributed by atoms with Crippen LogP contribution < -0.4 is 0 Å². The molecule has 1 aromatic carbocycles. The third-order valence-electron chi connectivity index (χ3n) is 5.01. The molecular formula is C23H27N3OS. The van der Waals surface area contributed by atoms with Gasteiger partial charge in [-0.2, -0.15) is 5.10 Å². The van der Waals surface area contributed by atoms with Gasteiger partial charge < -0.3 is 4.90 Å². The van der Waals surface area contributed by atoms with Gasteiger partial charge in [0.05, 0.1) is 18.8 Å². The van der Waals surface area contributed by atoms with Gasteiger partial charge >= 0.3 is 0 Å². The number of aryl methyl sites for hydroxylation is 3. The van der Waals surface area contributed by atoms with Crippen LogP contribution in [0.15, 0.2) is 41.8 Å². The minimum atomic E-state index is -0.00196. The molecule has 1 amide bonds. The molecule has 0 aliphatic carbocycles. The van der Waals surface area contributed by atoms with Gasteiger partial charge in [0.1, 0.15) is 0 Å². The van der Waals surface area contributed by atoms with Crippen molar-refractivity contribution in [2.45, 2.75) is 40.8 Å². The van der Waals surface area contributed by atoms with E-state index in [0.29, 0.717) is 6.54 Å². The largest absolute Gasteiger partial charge is 0.337 e. The van der Waals surface area contributed by atoms with Gasteiger partial charge in [-0.05, 0) is 56.3 Å². The summed E-state index contributed by atoms with van der Waals surface area (Å²) in [5.74, 6) is -0.00196. The fourth-order valence-corrected chi connectivity index (χ4v) is 4.07. The molecule has 3 aromatic rings. The van der Waals surface area contributed by atoms with E-state index in [-0.39, 0.29) is 5.91 Å². The van der Waals surface area contributed by atoms with Crippen LogP contribution in [0, 0.1) is 27.7 Å². The van der Waals surface area contributed by atoms with Crippen LogP contribution in [0.2, 0.25) is 0 Å². The molecule has 4 nitrogen and oxygen atoms in total. The second-order valence-corrected chi connectivity index (χ2v) is 8.28. The number of hydrogen-bond donors (Lipinski definition) is 0. The van der Waals surface area contributed by atoms with Crippen LogP contribution in [-0.2, 0) is 17.9 Å². The lowest BCUT2D eigenvalue weighted by atomic mass is 10.1. The summed E-state index contributed by atoms with van der Waals surface area (Å²) >= 11 is 1.69. The molecule has 2 heterocycles. The zero-order valence-corrected chi connectivity index (χ0v) is 18.0. The highest BCUT2D eigenvalue weighted by Gasteiger charge is 2.12. The lowest BCUT2D eigenvalue weighted by molar-refractivity contribution is -0.125. The number of amides is 1. The normalized spacial score (nSPS) is 11.3. The van der Waals surface area contributed by atoms with Gasteiger partial charge in [0.15, 0.2) is 0 Å². The van der Waals surface area contributed by atoms with Gasteiger partial charge in [-0.25, -0.2) is 0 Å². The first kappa shape index (κ1) is 20.1. The fourth-order valence-electron chi connectivity index (χ4n) is 3.11. The van der Waals surface area contributed by atoms with Gasteiger partial charge in [0.2, 0.25) is 5.91 Å². The molecule has 0 spiro atoms. The number of benzene rings is 1. The van der Waals surface area contributed by atoms with E-state index in [1.165, 1.54) is 21.6 Å². The Morgan fingerprint density at radius 1 is 1.14 bits per heavy atom. The highest BCUT2D eigenvalue weighted by atomic mass is 32.1. The van der Waals surface area contributed by atoms with Crippen LogP contribution in [0.1, 0.15) is 38.5 Å². The van der Waals surface area contributed by atoms with E-state index in [1.807, 2.05) is 24.7 Å². The Kier molecular flexibility index (Phi) is 6.15. The van der Waals surface area contributed by atoms with Gasteiger partial charge in [0.25, 0.3) is 0 Å². The molecule has 0 bridgehead atoms. The summed E-state index contributed by atoms with van der Waals surface area (Å²) < 4.78 is 2.00. The standard InChI is InChI=1S/C23H27N3OS/c1-16-6-8-20(9-7-16)14-26-19(4)21(18(3)24-26)10-11-23(27)25(5)15-22-17(2)12-13-28-22/h6-13H,14-15H2,1-5H3/b11-10+. The monoisotopic (exact) mass is 393 g/mol. The number of likely N-dealkylation sites (N-methyl/N-ethyl adjacent to an activating group) is 1. The summed E-state index contributed by atoms with van der Waals surface area (Å²) in [7, 11) is 1.84. The predicted molar refractivity (Wildman–Crippen MR) is 117 cm³/mol. The van der Waals surface area contributed by atoms with Crippen LogP contribution in [0.25, 0.3) is 6.08 Å². The van der Waals surface area contributed by atoms with E-state index in [1.54, 1.807) is 22.3 Å². The SMILES string of the molecule is Cc1ccc(Cn2nc(C)c(/C=C/C(=O)N(C)Cc3sccc3C)c2C)cc1. The predicted octanol–water partition coefficient (Wildman–Crippen LogP) is 4.90. The highest BCUT2D eigenvalue weighted by Crippen LogP contribution is 2.19. The summed E-state index contributed by atoms with van der Waals surface area (Å²) in [4.78, 5) is 15.5. The zero-order valence-electron chi connectivity index (χ0n) is 17.2. The van der Waals surface area contributed by atoms with Crippen molar-refractivity contribution in [1.29, 1.82) is 0 Å². The summed E-state index contributed by atoms with van der Waals surface area (Å²) in [5.41, 5.74) is 6.72. The first-order valence-electron chi connectivity index (χ1n) is 9.41. The van der Waals surface area contributed by atoms with Crippen LogP contribution in [0.5, 0.6) is 0 Å². The molecule has 2 aromatic heterocycles. The molecule has 28 heavy (non-hydrogen) atoms. The third kappa shape index (κ3) is 4.60. The van der Waals surface area contributed by atoms with Crippen molar-refractivity contribution >= 4 is 23.3 Å². The Morgan fingerprint density at radius 2 is 1.86 bits per heavy atom. The Bertz CT molecular complexity index is 996. The lowest BCUT2D eigenvalue weighted by Gasteiger charge is -2.14. The highest BCUT2D eigenvalue weighted by molar-refractivity contribution is 7.10. The molecule has 0 saturated heterocycles. The minimum Gasteiger partial charge on any atom is -0.337 e. The lowest BCUT2D eigenvalue weighted by Crippen LogP contribution is -2.23. The Hall–Kier alpha value is -2.66. The minimum absolute atomic E-state index is 0.00196. The third-order valence-corrected chi connectivity index (χ3v) is 6.02. The van der Waals surface area contributed by atoms with E-state index in [9.17, 15) is 4.79 Å². The summed E-state index contributed by atoms with van der Waals surface area (Å²) in [6, 6.07) is 10.6. The molecule has 0 N–H and O–H groups in total. The molecule has 0 unspecified atom stereocenters. The fraction of sp³-hybridized carbons (Fsp3) is 0.304. The Labute approximate surface area is 171 Å². The number of thiophene rings is 1. The molecule has 0 atom stereocenters. The van der Waals surface area contributed by atoms with E-state index < -0.39 is 0 Å². The molecule has 0 fully saturated rings. The molecule has 146 valence electrons. The molecular weight excluding hydrogens is 366 g/mol. The summed E-state index contributed by atoms with van der Waals surface area (Å²) in [6.45, 7) is 9.57. The first-order chi connectivity index (χ1) is 13.3. The van der Waals surface area contributed by atoms with E-state index in [0.717, 1.165) is 23.5 Å². The molecule has 5 heteroatoms. The molecule has 0 saturated carbocycles. The molecule has 0 aliphatic rings. The quantitative estimate of drug-likeness (QED) is 0.559. The summed E-state index contributed by atoms with van der Waals surface area (Å²) in [5, 5.41) is 6.73. The van der Waals surface area contributed by atoms with E-state index >= 15 is 0 Å². The number of hydrogen-bond acceptors (Lipinski definition) is 3. The van der Waals surface area contributed by atoms with Gasteiger partial charge in [-0.3, -0.25) is 9.48 Å². The van der Waals surface area contributed by atoms with Crippen molar-refractivity contribution in [3.05, 3.63) is 80.3 Å². The van der Waals surface area contributed by atoms with Crippen LogP contribution >= 0.6 is 11.3 Å². The van der Waals surface area contributed by atoms with Crippen LogP contribution in [0.4, 0.5) is 0 Å². The maximum atomic E-state index is 12.5. The Morgan fingerprint density at radius 3 is 2.50 bits per heavy atom. The van der Waals surface area contributed by atoms with Crippen molar-refractivity contribution in [1.82, 2.24) is 14.7 Å². The second kappa shape index (κ2) is 8.57. The van der Waals surface area contributed by atoms with Crippen LogP contribution in [-0.4, -0.2) is 27.6 Å². The molecule has 0 radical (unpaired) electrons. The van der Waals surface area contributed by atoms with Crippen LogP contribution in [0.3, 0.4) is 0 Å². The van der Waals surface area contributed by atoms with Crippen molar-refractivity contribution in [3.63, 3.8) is 0 Å². The van der Waals surface area contributed by atoms with Crippen molar-refractivity contribution in [2.24, 2.45) is 0 Å². The first-order valence-corrected chi connectivity index (χ1v) is 10.3. The number of aromatic nitrogens is 2. The maximum absolute atomic E-state index is 12.5. The smallest absolute Gasteiger partial charge is 0.246 e. The molecule has 3 rings (SSSR count).